The van der Waals surface area contributed by atoms with Crippen molar-refractivity contribution < 1.29 is 0 Å². The third-order valence-electron chi connectivity index (χ3n) is 3.54. The number of anilines is 2. The molecule has 92 valence electrons. The van der Waals surface area contributed by atoms with Gasteiger partial charge in [-0.3, -0.25) is 0 Å². The van der Waals surface area contributed by atoms with Crippen LogP contribution in [0, 0.1) is 0 Å². The maximum atomic E-state index is 5.64. The Morgan fingerprint density at radius 2 is 1.94 bits per heavy atom. The average molecular weight is 239 g/mol. The maximum absolute atomic E-state index is 5.64. The van der Waals surface area contributed by atoms with Crippen molar-refractivity contribution in [3.05, 3.63) is 54.2 Å². The quantitative estimate of drug-likeness (QED) is 0.876. The predicted octanol–water partition coefficient (Wildman–Crippen LogP) is 3.01. The third-order valence-corrected chi connectivity index (χ3v) is 3.54. The number of nitrogens with two attached hydrogens (primary N) is 1. The molecule has 3 rings (SSSR count). The van der Waals surface area contributed by atoms with Gasteiger partial charge >= 0.3 is 0 Å². The second kappa shape index (κ2) is 4.69. The molecule has 18 heavy (non-hydrogen) atoms. The molecule has 1 fully saturated rings. The summed E-state index contributed by atoms with van der Waals surface area (Å²) >= 11 is 0. The fourth-order valence-electron chi connectivity index (χ4n) is 2.66. The molecule has 1 aliphatic rings. The van der Waals surface area contributed by atoms with Crippen molar-refractivity contribution in [3.63, 3.8) is 0 Å². The van der Waals surface area contributed by atoms with Crippen LogP contribution in [0.15, 0.2) is 48.7 Å². The van der Waals surface area contributed by atoms with Crippen molar-refractivity contribution in [2.75, 3.05) is 17.2 Å². The molecule has 2 aromatic rings. The Bertz CT molecular complexity index is 507. The molecule has 0 saturated carbocycles. The molecular formula is C15H17N3. The highest BCUT2D eigenvalue weighted by Gasteiger charge is 2.25. The van der Waals surface area contributed by atoms with Gasteiger partial charge in [0.1, 0.15) is 5.82 Å². The smallest absolute Gasteiger partial charge is 0.123 e. The maximum Gasteiger partial charge on any atom is 0.123 e. The Morgan fingerprint density at radius 3 is 2.67 bits per heavy atom. The molecule has 1 aliphatic heterocycles. The van der Waals surface area contributed by atoms with E-state index in [2.05, 4.69) is 46.3 Å². The fourth-order valence-corrected chi connectivity index (χ4v) is 2.66. The molecule has 0 spiro atoms. The normalized spacial score (nSPS) is 19.1. The summed E-state index contributed by atoms with van der Waals surface area (Å²) in [5.41, 5.74) is 8.19. The van der Waals surface area contributed by atoms with Crippen LogP contribution in [0.2, 0.25) is 0 Å². The first-order chi connectivity index (χ1) is 8.84. The lowest BCUT2D eigenvalue weighted by Gasteiger charge is -2.26. The molecule has 0 bridgehead atoms. The highest BCUT2D eigenvalue weighted by molar-refractivity contribution is 5.51. The fraction of sp³-hybridized carbons (Fsp3) is 0.267. The van der Waals surface area contributed by atoms with Gasteiger partial charge in [0.25, 0.3) is 0 Å². The highest BCUT2D eigenvalue weighted by atomic mass is 15.2. The first-order valence-corrected chi connectivity index (χ1v) is 6.38. The van der Waals surface area contributed by atoms with Gasteiger partial charge in [-0.1, -0.05) is 30.3 Å². The van der Waals surface area contributed by atoms with E-state index in [-0.39, 0.29) is 0 Å². The van der Waals surface area contributed by atoms with Gasteiger partial charge in [0.05, 0.1) is 17.9 Å². The molecule has 2 heterocycles. The third kappa shape index (κ3) is 2.04. The zero-order valence-electron chi connectivity index (χ0n) is 10.3. The second-order valence-corrected chi connectivity index (χ2v) is 4.70. The van der Waals surface area contributed by atoms with Crippen molar-refractivity contribution in [2.45, 2.75) is 18.9 Å². The largest absolute Gasteiger partial charge is 0.384 e. The molecule has 3 heteroatoms. The van der Waals surface area contributed by atoms with Crippen molar-refractivity contribution in [3.8, 4) is 0 Å². The van der Waals surface area contributed by atoms with Crippen LogP contribution in [0.1, 0.15) is 24.4 Å². The molecule has 1 unspecified atom stereocenters. The summed E-state index contributed by atoms with van der Waals surface area (Å²) in [5, 5.41) is 0. The summed E-state index contributed by atoms with van der Waals surface area (Å²) in [4.78, 5) is 6.61. The SMILES string of the molecule is Nc1ccc(N2CCCC2c2ccccc2)cn1. The molecule has 1 aromatic heterocycles. The Labute approximate surface area is 107 Å². The van der Waals surface area contributed by atoms with E-state index in [0.29, 0.717) is 11.9 Å². The van der Waals surface area contributed by atoms with Crippen molar-refractivity contribution in [1.82, 2.24) is 4.98 Å². The molecule has 0 amide bonds. The molecular weight excluding hydrogens is 222 g/mol. The lowest BCUT2D eigenvalue weighted by Crippen LogP contribution is -2.22. The minimum atomic E-state index is 0.469. The number of aromatic nitrogens is 1. The van der Waals surface area contributed by atoms with Gasteiger partial charge in [-0.15, -0.1) is 0 Å². The lowest BCUT2D eigenvalue weighted by atomic mass is 10.0. The van der Waals surface area contributed by atoms with E-state index in [4.69, 9.17) is 5.73 Å². The zero-order valence-corrected chi connectivity index (χ0v) is 10.3. The lowest BCUT2D eigenvalue weighted by molar-refractivity contribution is 0.718. The van der Waals surface area contributed by atoms with Gasteiger partial charge in [0, 0.05) is 6.54 Å². The Hall–Kier alpha value is -2.03. The summed E-state index contributed by atoms with van der Waals surface area (Å²) < 4.78 is 0. The monoisotopic (exact) mass is 239 g/mol. The van der Waals surface area contributed by atoms with E-state index in [0.717, 1.165) is 12.2 Å². The van der Waals surface area contributed by atoms with Gasteiger partial charge in [0.15, 0.2) is 0 Å². The average Bonchev–Trinajstić information content (AvgIpc) is 2.90. The van der Waals surface area contributed by atoms with Crippen LogP contribution in [0.5, 0.6) is 0 Å². The van der Waals surface area contributed by atoms with Gasteiger partial charge in [-0.2, -0.15) is 0 Å². The van der Waals surface area contributed by atoms with Crippen LogP contribution in [-0.2, 0) is 0 Å². The summed E-state index contributed by atoms with van der Waals surface area (Å²) in [6.07, 6.45) is 4.30. The Balaban J connectivity index is 1.90. The number of nitrogen functional groups attached to an aromatic ring is 1. The minimum Gasteiger partial charge on any atom is -0.384 e. The Kier molecular flexibility index (Phi) is 2.89. The van der Waals surface area contributed by atoms with Crippen LogP contribution in [-0.4, -0.2) is 11.5 Å². The molecule has 1 saturated heterocycles. The van der Waals surface area contributed by atoms with Crippen LogP contribution in [0.3, 0.4) is 0 Å². The summed E-state index contributed by atoms with van der Waals surface area (Å²) in [5.74, 6) is 0.578. The molecule has 2 N–H and O–H groups in total. The van der Waals surface area contributed by atoms with Crippen LogP contribution in [0.4, 0.5) is 11.5 Å². The number of hydrogen-bond acceptors (Lipinski definition) is 3. The highest BCUT2D eigenvalue weighted by Crippen LogP contribution is 2.35. The first kappa shape index (κ1) is 11.1. The van der Waals surface area contributed by atoms with Crippen LogP contribution < -0.4 is 10.6 Å². The van der Waals surface area contributed by atoms with E-state index in [1.807, 2.05) is 12.3 Å². The number of hydrogen-bond donors (Lipinski definition) is 1. The van der Waals surface area contributed by atoms with Crippen molar-refractivity contribution >= 4 is 11.5 Å². The van der Waals surface area contributed by atoms with Gasteiger partial charge in [-0.25, -0.2) is 4.98 Å². The van der Waals surface area contributed by atoms with Crippen LogP contribution >= 0.6 is 0 Å². The predicted molar refractivity (Wildman–Crippen MR) is 74.4 cm³/mol. The van der Waals surface area contributed by atoms with Gasteiger partial charge < -0.3 is 10.6 Å². The van der Waals surface area contributed by atoms with Crippen molar-refractivity contribution in [1.29, 1.82) is 0 Å². The van der Waals surface area contributed by atoms with Gasteiger partial charge in [-0.05, 0) is 30.5 Å². The first-order valence-electron chi connectivity index (χ1n) is 6.38. The topological polar surface area (TPSA) is 42.1 Å². The van der Waals surface area contributed by atoms with E-state index < -0.39 is 0 Å². The van der Waals surface area contributed by atoms with E-state index in [1.165, 1.54) is 18.4 Å². The van der Waals surface area contributed by atoms with Crippen molar-refractivity contribution in [2.24, 2.45) is 0 Å². The number of nitrogens with zero attached hydrogens (tertiary/aromatic N) is 2. The number of pyridine rings is 1. The Morgan fingerprint density at radius 1 is 1.11 bits per heavy atom. The summed E-state index contributed by atoms with van der Waals surface area (Å²) in [7, 11) is 0. The van der Waals surface area contributed by atoms with Crippen LogP contribution in [0.25, 0.3) is 0 Å². The molecule has 3 nitrogen and oxygen atoms in total. The van der Waals surface area contributed by atoms with E-state index in [1.54, 1.807) is 0 Å². The molecule has 1 atom stereocenters. The standard InChI is InChI=1S/C15H17N3/c16-15-9-8-13(11-17-15)18-10-4-7-14(18)12-5-2-1-3-6-12/h1-3,5-6,8-9,11,14H,4,7,10H2,(H2,16,17). The molecule has 1 aromatic carbocycles. The van der Waals surface area contributed by atoms with Gasteiger partial charge in [0.2, 0.25) is 0 Å². The number of rotatable bonds is 2. The summed E-state index contributed by atoms with van der Waals surface area (Å²) in [6.45, 7) is 1.09. The van der Waals surface area contributed by atoms with E-state index in [9.17, 15) is 0 Å². The van der Waals surface area contributed by atoms with E-state index >= 15 is 0 Å². The summed E-state index contributed by atoms with van der Waals surface area (Å²) in [6, 6.07) is 15.1. The number of benzene rings is 1. The molecule has 0 aliphatic carbocycles. The zero-order chi connectivity index (χ0) is 12.4. The second-order valence-electron chi connectivity index (χ2n) is 4.70. The molecule has 0 radical (unpaired) electrons. The minimum absolute atomic E-state index is 0.469.